The average Bonchev–Trinajstić information content (AvgIpc) is 2.74. The zero-order valence-corrected chi connectivity index (χ0v) is 17.7. The van der Waals surface area contributed by atoms with Crippen LogP contribution in [0.15, 0.2) is 30.4 Å². The van der Waals surface area contributed by atoms with E-state index in [1.807, 2.05) is 0 Å². The van der Waals surface area contributed by atoms with Gasteiger partial charge < -0.3 is 5.11 Å². The number of carbonyl (C=O) groups is 1. The molecule has 0 saturated heterocycles. The lowest BCUT2D eigenvalue weighted by Gasteiger charge is -2.30. The Balaban J connectivity index is 1.98. The summed E-state index contributed by atoms with van der Waals surface area (Å²) < 4.78 is 70.9. The van der Waals surface area contributed by atoms with Gasteiger partial charge in [-0.15, -0.1) is 0 Å². The quantitative estimate of drug-likeness (QED) is 0.265. The predicted octanol–water partition coefficient (Wildman–Crippen LogP) is 7.77. The summed E-state index contributed by atoms with van der Waals surface area (Å²) in [6.45, 7) is 2.06. The van der Waals surface area contributed by atoms with E-state index >= 15 is 4.39 Å². The van der Waals surface area contributed by atoms with Crippen molar-refractivity contribution in [3.8, 4) is 11.1 Å². The molecule has 0 aliphatic heterocycles. The van der Waals surface area contributed by atoms with Crippen LogP contribution < -0.4 is 0 Å². The lowest BCUT2D eigenvalue weighted by Crippen LogP contribution is -2.16. The van der Waals surface area contributed by atoms with Crippen molar-refractivity contribution in [2.24, 2.45) is 5.92 Å². The summed E-state index contributed by atoms with van der Waals surface area (Å²) in [5, 5.41) is 9.23. The van der Waals surface area contributed by atoms with Gasteiger partial charge in [0.1, 0.15) is 17.2 Å². The monoisotopic (exact) mass is 452 g/mol. The van der Waals surface area contributed by atoms with Crippen molar-refractivity contribution in [1.29, 1.82) is 0 Å². The molecule has 0 unspecified atom stereocenters. The van der Waals surface area contributed by atoms with E-state index in [2.05, 4.69) is 19.1 Å². The molecule has 1 aliphatic rings. The Kier molecular flexibility index (Phi) is 7.69. The molecule has 3 rings (SSSR count). The van der Waals surface area contributed by atoms with Gasteiger partial charge in [0.15, 0.2) is 17.5 Å². The maximum absolute atomic E-state index is 15.2. The fraction of sp³-hybridized carbons (Fsp3) is 0.400. The molecule has 172 valence electrons. The summed E-state index contributed by atoms with van der Waals surface area (Å²) >= 11 is 0. The number of carboxylic acids is 1. The van der Waals surface area contributed by atoms with Crippen LogP contribution in [-0.4, -0.2) is 11.1 Å². The first-order chi connectivity index (χ1) is 15.2. The molecule has 0 aromatic heterocycles. The van der Waals surface area contributed by atoms with E-state index in [1.165, 1.54) is 0 Å². The minimum atomic E-state index is -1.83. The second-order valence-electron chi connectivity index (χ2n) is 8.25. The van der Waals surface area contributed by atoms with Gasteiger partial charge >= 0.3 is 5.97 Å². The highest BCUT2D eigenvalue weighted by atomic mass is 19.2. The number of aromatic carboxylic acids is 1. The van der Waals surface area contributed by atoms with Gasteiger partial charge in [-0.2, -0.15) is 0 Å². The molecule has 2 aromatic carbocycles. The summed E-state index contributed by atoms with van der Waals surface area (Å²) in [6.07, 6.45) is 10.0. The molecule has 0 atom stereocenters. The second kappa shape index (κ2) is 10.3. The van der Waals surface area contributed by atoms with Crippen molar-refractivity contribution in [3.63, 3.8) is 0 Å². The number of rotatable bonds is 7. The van der Waals surface area contributed by atoms with Crippen LogP contribution in [0.4, 0.5) is 22.0 Å². The van der Waals surface area contributed by atoms with Gasteiger partial charge in [-0.05, 0) is 86.1 Å². The van der Waals surface area contributed by atoms with Crippen LogP contribution in [0, 0.1) is 35.0 Å². The Hall–Kier alpha value is -2.70. The Bertz CT molecular complexity index is 1000. The normalized spacial score (nSPS) is 18.9. The molecular weight excluding hydrogens is 427 g/mol. The summed E-state index contributed by atoms with van der Waals surface area (Å²) in [4.78, 5) is 11.4. The SMILES string of the molecule is CCC=CCCC1CCC(c2cc(F)c(C(=O)O)c(F)c2-c2cc(F)c(F)c(F)c2)CC1. The van der Waals surface area contributed by atoms with Crippen LogP contribution in [0.5, 0.6) is 0 Å². The number of benzene rings is 2. The Morgan fingerprint density at radius 1 is 0.938 bits per heavy atom. The molecule has 1 N–H and O–H groups in total. The number of halogens is 5. The maximum Gasteiger partial charge on any atom is 0.341 e. The van der Waals surface area contributed by atoms with E-state index in [4.69, 9.17) is 0 Å². The van der Waals surface area contributed by atoms with Crippen molar-refractivity contribution in [2.75, 3.05) is 0 Å². The van der Waals surface area contributed by atoms with Gasteiger partial charge in [0.05, 0.1) is 0 Å². The van der Waals surface area contributed by atoms with Crippen LogP contribution in [0.2, 0.25) is 0 Å². The van der Waals surface area contributed by atoms with E-state index in [9.17, 15) is 27.5 Å². The van der Waals surface area contributed by atoms with E-state index < -0.39 is 46.2 Å². The number of hydrogen-bond donors (Lipinski definition) is 1. The fourth-order valence-electron chi connectivity index (χ4n) is 4.53. The molecule has 1 fully saturated rings. The van der Waals surface area contributed by atoms with Crippen LogP contribution in [0.25, 0.3) is 11.1 Å². The first-order valence-electron chi connectivity index (χ1n) is 10.8. The standard InChI is InChI=1S/C25H25F5O2/c1-2-3-4-5-6-14-7-9-15(10-8-14)17-13-18(26)22(25(31)32)24(30)21(17)16-11-19(27)23(29)20(28)12-16/h3-4,11-15H,2,5-10H2,1H3,(H,31,32). The van der Waals surface area contributed by atoms with Gasteiger partial charge in [0.25, 0.3) is 0 Å². The molecule has 0 spiro atoms. The van der Waals surface area contributed by atoms with Crippen LogP contribution in [0.1, 0.15) is 73.7 Å². The first-order valence-corrected chi connectivity index (χ1v) is 10.8. The fourth-order valence-corrected chi connectivity index (χ4v) is 4.53. The molecule has 1 saturated carbocycles. The largest absolute Gasteiger partial charge is 0.477 e. The third-order valence-corrected chi connectivity index (χ3v) is 6.17. The molecule has 2 nitrogen and oxygen atoms in total. The summed E-state index contributed by atoms with van der Waals surface area (Å²) in [5.74, 6) is -9.12. The third-order valence-electron chi connectivity index (χ3n) is 6.17. The van der Waals surface area contributed by atoms with E-state index in [0.717, 1.165) is 38.2 Å². The minimum absolute atomic E-state index is 0.153. The molecule has 7 heteroatoms. The molecule has 0 heterocycles. The van der Waals surface area contributed by atoms with E-state index in [1.54, 1.807) is 0 Å². The second-order valence-corrected chi connectivity index (χ2v) is 8.25. The minimum Gasteiger partial charge on any atom is -0.477 e. The Morgan fingerprint density at radius 3 is 2.12 bits per heavy atom. The Morgan fingerprint density at radius 2 is 1.56 bits per heavy atom. The van der Waals surface area contributed by atoms with Gasteiger partial charge in [0, 0.05) is 5.56 Å². The van der Waals surface area contributed by atoms with E-state index in [-0.39, 0.29) is 17.0 Å². The van der Waals surface area contributed by atoms with E-state index in [0.29, 0.717) is 30.9 Å². The summed E-state index contributed by atoms with van der Waals surface area (Å²) in [7, 11) is 0. The third kappa shape index (κ3) is 5.03. The van der Waals surface area contributed by atoms with Crippen molar-refractivity contribution < 1.29 is 31.9 Å². The van der Waals surface area contributed by atoms with Gasteiger partial charge in [-0.3, -0.25) is 0 Å². The first kappa shape index (κ1) is 24.0. The topological polar surface area (TPSA) is 37.3 Å². The van der Waals surface area contributed by atoms with Crippen LogP contribution in [-0.2, 0) is 0 Å². The predicted molar refractivity (Wildman–Crippen MR) is 112 cm³/mol. The molecule has 0 amide bonds. The Labute approximate surface area is 183 Å². The van der Waals surface area contributed by atoms with Crippen molar-refractivity contribution in [3.05, 3.63) is 70.6 Å². The van der Waals surface area contributed by atoms with Crippen molar-refractivity contribution in [1.82, 2.24) is 0 Å². The molecule has 0 radical (unpaired) electrons. The maximum atomic E-state index is 15.2. The number of allylic oxidation sites excluding steroid dienone is 2. The zero-order chi connectivity index (χ0) is 23.4. The highest BCUT2D eigenvalue weighted by molar-refractivity contribution is 5.91. The van der Waals surface area contributed by atoms with Crippen molar-refractivity contribution >= 4 is 5.97 Å². The van der Waals surface area contributed by atoms with Crippen molar-refractivity contribution in [2.45, 2.75) is 57.8 Å². The smallest absolute Gasteiger partial charge is 0.341 e. The molecule has 0 bridgehead atoms. The zero-order valence-electron chi connectivity index (χ0n) is 17.7. The molecular formula is C25H25F5O2. The molecule has 1 aliphatic carbocycles. The number of hydrogen-bond acceptors (Lipinski definition) is 1. The summed E-state index contributed by atoms with van der Waals surface area (Å²) in [6, 6.07) is 2.15. The van der Waals surface area contributed by atoms with Gasteiger partial charge in [0.2, 0.25) is 0 Å². The highest BCUT2D eigenvalue weighted by Gasteiger charge is 2.31. The van der Waals surface area contributed by atoms with Gasteiger partial charge in [-0.25, -0.2) is 26.7 Å². The average molecular weight is 452 g/mol. The van der Waals surface area contributed by atoms with Crippen LogP contribution in [0.3, 0.4) is 0 Å². The molecule has 32 heavy (non-hydrogen) atoms. The molecule has 2 aromatic rings. The van der Waals surface area contributed by atoms with Crippen LogP contribution >= 0.6 is 0 Å². The lowest BCUT2D eigenvalue weighted by molar-refractivity contribution is 0.0686. The van der Waals surface area contributed by atoms with Gasteiger partial charge in [-0.1, -0.05) is 19.1 Å². The lowest BCUT2D eigenvalue weighted by atomic mass is 9.75. The summed E-state index contributed by atoms with van der Waals surface area (Å²) in [5.41, 5.74) is -1.80. The highest BCUT2D eigenvalue weighted by Crippen LogP contribution is 2.43. The number of carboxylic acid groups (broad SMARTS) is 1.